The molecule has 31 heavy (non-hydrogen) atoms. The minimum absolute atomic E-state index is 0.0891. The van der Waals surface area contributed by atoms with Gasteiger partial charge in [-0.2, -0.15) is 0 Å². The van der Waals surface area contributed by atoms with Crippen LogP contribution in [-0.4, -0.2) is 52.8 Å². The molecule has 1 aromatic heterocycles. The van der Waals surface area contributed by atoms with E-state index in [9.17, 15) is 9.59 Å². The number of carbonyl (C=O) groups is 2. The zero-order valence-electron chi connectivity index (χ0n) is 17.6. The molecule has 1 aliphatic carbocycles. The van der Waals surface area contributed by atoms with E-state index in [1.165, 1.54) is 6.42 Å². The number of hydrogen-bond acceptors (Lipinski definition) is 4. The lowest BCUT2D eigenvalue weighted by atomic mass is 9.94. The van der Waals surface area contributed by atoms with E-state index in [4.69, 9.17) is 11.6 Å². The van der Waals surface area contributed by atoms with Crippen LogP contribution in [0.3, 0.4) is 0 Å². The molecule has 2 heterocycles. The largest absolute Gasteiger partial charge is 0.367 e. The third kappa shape index (κ3) is 5.01. The zero-order chi connectivity index (χ0) is 21.6. The number of nitrogens with zero attached hydrogens (tertiary/aromatic N) is 3. The Kier molecular flexibility index (Phi) is 7.07. The predicted molar refractivity (Wildman–Crippen MR) is 122 cm³/mol. The van der Waals surface area contributed by atoms with Crippen molar-refractivity contribution in [1.29, 1.82) is 0 Å². The van der Waals surface area contributed by atoms with Crippen molar-refractivity contribution in [3.05, 3.63) is 60.4 Å². The third-order valence-electron chi connectivity index (χ3n) is 6.26. The fourth-order valence-corrected chi connectivity index (χ4v) is 4.75. The Labute approximate surface area is 188 Å². The first-order valence-corrected chi connectivity index (χ1v) is 11.6. The van der Waals surface area contributed by atoms with Crippen LogP contribution in [0.2, 0.25) is 0 Å². The summed E-state index contributed by atoms with van der Waals surface area (Å²) in [6.45, 7) is 1.33. The van der Waals surface area contributed by atoms with Gasteiger partial charge in [-0.1, -0.05) is 43.5 Å². The number of nitrogens with one attached hydrogen (secondary N) is 1. The van der Waals surface area contributed by atoms with Crippen molar-refractivity contribution >= 4 is 29.1 Å². The second-order valence-corrected chi connectivity index (χ2v) is 8.63. The van der Waals surface area contributed by atoms with Crippen LogP contribution in [0, 0.1) is 0 Å². The van der Waals surface area contributed by atoms with Gasteiger partial charge in [0.2, 0.25) is 11.8 Å². The van der Waals surface area contributed by atoms with E-state index in [1.807, 2.05) is 24.3 Å². The van der Waals surface area contributed by atoms with Crippen LogP contribution in [0.15, 0.2) is 54.9 Å². The topological polar surface area (TPSA) is 65.5 Å². The van der Waals surface area contributed by atoms with Gasteiger partial charge in [0.05, 0.1) is 6.04 Å². The molecule has 1 saturated carbocycles. The molecule has 7 heteroatoms. The summed E-state index contributed by atoms with van der Waals surface area (Å²) in [6.07, 6.45) is 8.79. The van der Waals surface area contributed by atoms with E-state index in [0.29, 0.717) is 18.7 Å². The van der Waals surface area contributed by atoms with E-state index >= 15 is 0 Å². The second kappa shape index (κ2) is 10.1. The van der Waals surface area contributed by atoms with Crippen molar-refractivity contribution in [2.24, 2.45) is 0 Å². The molecule has 0 radical (unpaired) electrons. The number of alkyl halides is 1. The molecule has 2 fully saturated rings. The Morgan fingerprint density at radius 3 is 2.48 bits per heavy atom. The first-order chi connectivity index (χ1) is 15.2. The highest BCUT2D eigenvalue weighted by molar-refractivity contribution is 6.27. The Morgan fingerprint density at radius 2 is 1.84 bits per heavy atom. The summed E-state index contributed by atoms with van der Waals surface area (Å²) in [5.41, 5.74) is 1.83. The molecule has 4 rings (SSSR count). The van der Waals surface area contributed by atoms with Gasteiger partial charge in [0, 0.05) is 42.8 Å². The summed E-state index contributed by atoms with van der Waals surface area (Å²) in [4.78, 5) is 34.6. The van der Waals surface area contributed by atoms with Gasteiger partial charge in [-0.15, -0.1) is 11.6 Å². The average Bonchev–Trinajstić information content (AvgIpc) is 2.79. The Balaban J connectivity index is 1.57. The zero-order valence-corrected chi connectivity index (χ0v) is 18.4. The number of pyridine rings is 1. The average molecular weight is 441 g/mol. The fraction of sp³-hybridized carbons (Fsp3) is 0.458. The van der Waals surface area contributed by atoms with Crippen LogP contribution in [0.4, 0.5) is 5.69 Å². The molecule has 1 atom stereocenters. The Bertz CT molecular complexity index is 868. The maximum Gasteiger partial charge on any atom is 0.247 e. The number of benzene rings is 1. The number of carbonyl (C=O) groups excluding carboxylic acids is 2. The van der Waals surface area contributed by atoms with E-state index in [-0.39, 0.29) is 29.8 Å². The predicted octanol–water partition coefficient (Wildman–Crippen LogP) is 3.53. The van der Waals surface area contributed by atoms with Gasteiger partial charge < -0.3 is 15.1 Å². The lowest BCUT2D eigenvalue weighted by Crippen LogP contribution is -2.63. The van der Waals surface area contributed by atoms with Gasteiger partial charge in [-0.25, -0.2) is 0 Å². The van der Waals surface area contributed by atoms with Crippen LogP contribution in [0.1, 0.15) is 43.7 Å². The van der Waals surface area contributed by atoms with Crippen LogP contribution in [0.25, 0.3) is 0 Å². The monoisotopic (exact) mass is 440 g/mol. The minimum Gasteiger partial charge on any atom is -0.367 e. The van der Waals surface area contributed by atoms with Crippen LogP contribution >= 0.6 is 11.6 Å². The maximum absolute atomic E-state index is 13.5. The molecule has 1 N–H and O–H groups in total. The summed E-state index contributed by atoms with van der Waals surface area (Å²) in [5.74, 6) is -0.529. The van der Waals surface area contributed by atoms with E-state index in [2.05, 4.69) is 27.3 Å². The second-order valence-electron chi connectivity index (χ2n) is 8.36. The molecule has 1 unspecified atom stereocenters. The van der Waals surface area contributed by atoms with Gasteiger partial charge in [0.1, 0.15) is 11.9 Å². The quantitative estimate of drug-likeness (QED) is 0.669. The van der Waals surface area contributed by atoms with E-state index < -0.39 is 6.04 Å². The molecule has 6 nitrogen and oxygen atoms in total. The first-order valence-electron chi connectivity index (χ1n) is 11.0. The Hall–Kier alpha value is -2.60. The van der Waals surface area contributed by atoms with Crippen molar-refractivity contribution in [1.82, 2.24) is 15.2 Å². The lowest BCUT2D eigenvalue weighted by Gasteiger charge is -2.48. The molecule has 2 aromatic rings. The van der Waals surface area contributed by atoms with Gasteiger partial charge in [0.25, 0.3) is 0 Å². The molecule has 1 aliphatic heterocycles. The highest BCUT2D eigenvalue weighted by atomic mass is 35.5. The number of para-hydroxylation sites is 1. The number of anilines is 1. The van der Waals surface area contributed by atoms with Gasteiger partial charge >= 0.3 is 0 Å². The maximum atomic E-state index is 13.5. The molecule has 0 spiro atoms. The Morgan fingerprint density at radius 1 is 1.10 bits per heavy atom. The van der Waals surface area contributed by atoms with Crippen molar-refractivity contribution in [3.8, 4) is 0 Å². The number of hydrogen-bond donors (Lipinski definition) is 1. The molecule has 2 amide bonds. The van der Waals surface area contributed by atoms with Gasteiger partial charge in [-0.3, -0.25) is 14.6 Å². The van der Waals surface area contributed by atoms with E-state index in [0.717, 1.165) is 31.4 Å². The number of aromatic nitrogens is 1. The standard InChI is InChI=1S/C24H29ClN4O2/c25-14-22(30)29(21-16-28(17-21)20-11-5-2-6-12-20)23(18-8-7-13-26-15-18)24(31)27-19-9-3-1-4-10-19/h2,5-8,11-13,15,19,21,23H,1,3-4,9-10,14,16-17H2,(H,27,31). The van der Waals surface area contributed by atoms with Crippen LogP contribution < -0.4 is 10.2 Å². The van der Waals surface area contributed by atoms with Gasteiger partial charge in [-0.05, 0) is 31.0 Å². The molecule has 1 saturated heterocycles. The van der Waals surface area contributed by atoms with Crippen LogP contribution in [0.5, 0.6) is 0 Å². The normalized spacial score (nSPS) is 18.2. The molecular formula is C24H29ClN4O2. The summed E-state index contributed by atoms with van der Waals surface area (Å²) in [7, 11) is 0. The number of amides is 2. The lowest BCUT2D eigenvalue weighted by molar-refractivity contribution is -0.142. The first kappa shape index (κ1) is 21.6. The van der Waals surface area contributed by atoms with Crippen molar-refractivity contribution in [3.63, 3.8) is 0 Å². The molecule has 0 bridgehead atoms. The summed E-state index contributed by atoms with van der Waals surface area (Å²) < 4.78 is 0. The van der Waals surface area contributed by atoms with Crippen molar-refractivity contribution in [2.45, 2.75) is 50.2 Å². The van der Waals surface area contributed by atoms with Crippen LogP contribution in [-0.2, 0) is 9.59 Å². The smallest absolute Gasteiger partial charge is 0.247 e. The highest BCUT2D eigenvalue weighted by Gasteiger charge is 2.42. The summed E-state index contributed by atoms with van der Waals surface area (Å²) in [5, 5.41) is 3.21. The van der Waals surface area contributed by atoms with E-state index in [1.54, 1.807) is 23.4 Å². The number of halogens is 1. The molecule has 164 valence electrons. The fourth-order valence-electron chi connectivity index (χ4n) is 4.61. The SMILES string of the molecule is O=C(NC1CCCCC1)C(c1cccnc1)N(C(=O)CCl)C1CN(c2ccccc2)C1. The summed E-state index contributed by atoms with van der Waals surface area (Å²) in [6, 6.07) is 13.1. The highest BCUT2D eigenvalue weighted by Crippen LogP contribution is 2.31. The molecular weight excluding hydrogens is 412 g/mol. The summed E-state index contributed by atoms with van der Waals surface area (Å²) >= 11 is 6.00. The van der Waals surface area contributed by atoms with Crippen molar-refractivity contribution < 1.29 is 9.59 Å². The van der Waals surface area contributed by atoms with Gasteiger partial charge in [0.15, 0.2) is 0 Å². The number of rotatable bonds is 7. The minimum atomic E-state index is -0.732. The van der Waals surface area contributed by atoms with Crippen molar-refractivity contribution in [2.75, 3.05) is 23.9 Å². The molecule has 2 aliphatic rings. The molecule has 1 aromatic carbocycles. The third-order valence-corrected chi connectivity index (χ3v) is 6.49.